The average Bonchev–Trinajstić information content (AvgIpc) is 2.26. The first kappa shape index (κ1) is 14.0. The van der Waals surface area contributed by atoms with E-state index in [1.54, 1.807) is 19.1 Å². The Kier molecular flexibility index (Phi) is 4.53. The zero-order chi connectivity index (χ0) is 13.8. The molecule has 4 heteroatoms. The van der Waals surface area contributed by atoms with Crippen LogP contribution in [0.15, 0.2) is 24.3 Å². The summed E-state index contributed by atoms with van der Waals surface area (Å²) in [4.78, 5) is 13.4. The van der Waals surface area contributed by atoms with E-state index in [1.807, 2.05) is 6.07 Å². The lowest BCUT2D eigenvalue weighted by atomic mass is 9.89. The van der Waals surface area contributed by atoms with Crippen LogP contribution in [0.25, 0.3) is 0 Å². The maximum absolute atomic E-state index is 13.2. The smallest absolute Gasteiger partial charge is 0.217 e. The van der Waals surface area contributed by atoms with Gasteiger partial charge in [0.2, 0.25) is 5.91 Å². The summed E-state index contributed by atoms with van der Waals surface area (Å²) in [5.74, 6) is 0.294. The van der Waals surface area contributed by atoms with Gasteiger partial charge in [0.15, 0.2) is 0 Å². The second-order valence-electron chi connectivity index (χ2n) is 5.55. The molecule has 2 rings (SSSR count). The SMILES string of the molecule is CC(=O)NC1CC(Cc2cccc(F)c2)CN(C)C1. The number of carbonyl (C=O) groups is 1. The van der Waals surface area contributed by atoms with Crippen LogP contribution in [-0.4, -0.2) is 37.0 Å². The predicted octanol–water partition coefficient (Wildman–Crippen LogP) is 1.82. The number of piperidine rings is 1. The zero-order valence-corrected chi connectivity index (χ0v) is 11.5. The highest BCUT2D eigenvalue weighted by molar-refractivity contribution is 5.73. The summed E-state index contributed by atoms with van der Waals surface area (Å²) in [6.07, 6.45) is 1.82. The average molecular weight is 264 g/mol. The van der Waals surface area contributed by atoms with Crippen molar-refractivity contribution >= 4 is 5.91 Å². The van der Waals surface area contributed by atoms with Crippen molar-refractivity contribution < 1.29 is 9.18 Å². The van der Waals surface area contributed by atoms with Crippen LogP contribution in [-0.2, 0) is 11.2 Å². The van der Waals surface area contributed by atoms with Crippen LogP contribution < -0.4 is 5.32 Å². The second kappa shape index (κ2) is 6.15. The molecule has 104 valence electrons. The lowest BCUT2D eigenvalue weighted by Crippen LogP contribution is -2.49. The molecule has 3 nitrogen and oxygen atoms in total. The van der Waals surface area contributed by atoms with Gasteiger partial charge in [0.05, 0.1) is 0 Å². The zero-order valence-electron chi connectivity index (χ0n) is 11.5. The number of likely N-dealkylation sites (N-methyl/N-ethyl adjacent to an activating group) is 1. The predicted molar refractivity (Wildman–Crippen MR) is 73.3 cm³/mol. The maximum Gasteiger partial charge on any atom is 0.217 e. The third-order valence-corrected chi connectivity index (χ3v) is 3.54. The van der Waals surface area contributed by atoms with Gasteiger partial charge in [-0.3, -0.25) is 4.79 Å². The van der Waals surface area contributed by atoms with E-state index >= 15 is 0 Å². The number of benzene rings is 1. The van der Waals surface area contributed by atoms with Gasteiger partial charge in [-0.2, -0.15) is 0 Å². The molecule has 0 aliphatic carbocycles. The first-order chi connectivity index (χ1) is 9.02. The van der Waals surface area contributed by atoms with Gasteiger partial charge in [0.25, 0.3) is 0 Å². The molecule has 1 aliphatic heterocycles. The Morgan fingerprint density at radius 3 is 2.95 bits per heavy atom. The molecule has 0 aromatic heterocycles. The number of nitrogens with zero attached hydrogens (tertiary/aromatic N) is 1. The minimum atomic E-state index is -0.180. The molecule has 2 atom stereocenters. The van der Waals surface area contributed by atoms with Crippen molar-refractivity contribution in [2.45, 2.75) is 25.8 Å². The van der Waals surface area contributed by atoms with Gasteiger partial charge in [-0.15, -0.1) is 0 Å². The Hall–Kier alpha value is -1.42. The van der Waals surface area contributed by atoms with E-state index in [-0.39, 0.29) is 17.8 Å². The highest BCUT2D eigenvalue weighted by Crippen LogP contribution is 2.20. The highest BCUT2D eigenvalue weighted by atomic mass is 19.1. The van der Waals surface area contributed by atoms with Gasteiger partial charge in [-0.25, -0.2) is 4.39 Å². The molecular formula is C15H21FN2O. The van der Waals surface area contributed by atoms with Gasteiger partial charge in [0, 0.05) is 26.1 Å². The Morgan fingerprint density at radius 2 is 2.26 bits per heavy atom. The van der Waals surface area contributed by atoms with Gasteiger partial charge in [-0.05, 0) is 43.5 Å². The molecule has 1 N–H and O–H groups in total. The molecule has 0 bridgehead atoms. The van der Waals surface area contributed by atoms with E-state index in [2.05, 4.69) is 17.3 Å². The normalized spacial score (nSPS) is 24.2. The summed E-state index contributed by atoms with van der Waals surface area (Å²) in [6, 6.07) is 6.99. The van der Waals surface area contributed by atoms with E-state index in [1.165, 1.54) is 6.07 Å². The van der Waals surface area contributed by atoms with Crippen LogP contribution in [0.3, 0.4) is 0 Å². The number of amides is 1. The third kappa shape index (κ3) is 4.31. The Balaban J connectivity index is 1.97. The van der Waals surface area contributed by atoms with Crippen molar-refractivity contribution in [2.75, 3.05) is 20.1 Å². The lowest BCUT2D eigenvalue weighted by molar-refractivity contribution is -0.120. The number of likely N-dealkylation sites (tertiary alicyclic amines) is 1. The minimum Gasteiger partial charge on any atom is -0.352 e. The molecule has 1 saturated heterocycles. The van der Waals surface area contributed by atoms with Gasteiger partial charge in [-0.1, -0.05) is 12.1 Å². The van der Waals surface area contributed by atoms with Gasteiger partial charge < -0.3 is 10.2 Å². The van der Waals surface area contributed by atoms with Crippen LogP contribution in [0.4, 0.5) is 4.39 Å². The minimum absolute atomic E-state index is 0.0183. The number of hydrogen-bond donors (Lipinski definition) is 1. The molecule has 1 aliphatic rings. The molecular weight excluding hydrogens is 243 g/mol. The van der Waals surface area contributed by atoms with E-state index in [0.29, 0.717) is 5.92 Å². The molecule has 0 spiro atoms. The standard InChI is InChI=1S/C15H21FN2O/c1-11(19)17-15-8-13(9-18(2)10-15)6-12-4-3-5-14(16)7-12/h3-5,7,13,15H,6,8-10H2,1-2H3,(H,17,19). The van der Waals surface area contributed by atoms with Crippen molar-refractivity contribution in [1.29, 1.82) is 0 Å². The Labute approximate surface area is 113 Å². The summed E-state index contributed by atoms with van der Waals surface area (Å²) in [5.41, 5.74) is 1.03. The van der Waals surface area contributed by atoms with Crippen LogP contribution in [0, 0.1) is 11.7 Å². The molecule has 1 heterocycles. The molecule has 1 aromatic carbocycles. The number of nitrogens with one attached hydrogen (secondary N) is 1. The fourth-order valence-corrected chi connectivity index (χ4v) is 2.98. The van der Waals surface area contributed by atoms with Crippen molar-refractivity contribution in [3.05, 3.63) is 35.6 Å². The molecule has 1 fully saturated rings. The van der Waals surface area contributed by atoms with Crippen molar-refractivity contribution in [2.24, 2.45) is 5.92 Å². The summed E-state index contributed by atoms with van der Waals surface area (Å²) in [6.45, 7) is 3.43. The topological polar surface area (TPSA) is 32.3 Å². The highest BCUT2D eigenvalue weighted by Gasteiger charge is 2.25. The number of hydrogen-bond acceptors (Lipinski definition) is 2. The number of carbonyl (C=O) groups excluding carboxylic acids is 1. The van der Waals surface area contributed by atoms with Crippen LogP contribution in [0.1, 0.15) is 18.9 Å². The van der Waals surface area contributed by atoms with E-state index in [0.717, 1.165) is 31.5 Å². The second-order valence-corrected chi connectivity index (χ2v) is 5.55. The largest absolute Gasteiger partial charge is 0.352 e. The first-order valence-electron chi connectivity index (χ1n) is 6.73. The van der Waals surface area contributed by atoms with Crippen LogP contribution >= 0.6 is 0 Å². The quantitative estimate of drug-likeness (QED) is 0.903. The molecule has 0 saturated carbocycles. The van der Waals surface area contributed by atoms with Crippen molar-refractivity contribution in [3.63, 3.8) is 0 Å². The third-order valence-electron chi connectivity index (χ3n) is 3.54. The summed E-state index contributed by atoms with van der Waals surface area (Å²) >= 11 is 0. The van der Waals surface area contributed by atoms with Gasteiger partial charge >= 0.3 is 0 Å². The van der Waals surface area contributed by atoms with E-state index in [9.17, 15) is 9.18 Å². The number of rotatable bonds is 3. The molecule has 2 unspecified atom stereocenters. The fourth-order valence-electron chi connectivity index (χ4n) is 2.98. The van der Waals surface area contributed by atoms with E-state index in [4.69, 9.17) is 0 Å². The fraction of sp³-hybridized carbons (Fsp3) is 0.533. The number of halogens is 1. The maximum atomic E-state index is 13.2. The summed E-state index contributed by atoms with van der Waals surface area (Å²) < 4.78 is 13.2. The van der Waals surface area contributed by atoms with Crippen molar-refractivity contribution in [3.8, 4) is 0 Å². The van der Waals surface area contributed by atoms with Crippen molar-refractivity contribution in [1.82, 2.24) is 10.2 Å². The molecule has 1 amide bonds. The molecule has 19 heavy (non-hydrogen) atoms. The molecule has 0 radical (unpaired) electrons. The summed E-state index contributed by atoms with van der Waals surface area (Å²) in [5, 5.41) is 2.98. The lowest BCUT2D eigenvalue weighted by Gasteiger charge is -2.36. The van der Waals surface area contributed by atoms with Crippen LogP contribution in [0.2, 0.25) is 0 Å². The van der Waals surface area contributed by atoms with E-state index < -0.39 is 0 Å². The van der Waals surface area contributed by atoms with Gasteiger partial charge in [0.1, 0.15) is 5.82 Å². The monoisotopic (exact) mass is 264 g/mol. The first-order valence-corrected chi connectivity index (χ1v) is 6.73. The van der Waals surface area contributed by atoms with Crippen LogP contribution in [0.5, 0.6) is 0 Å². The Bertz CT molecular complexity index is 450. The molecule has 1 aromatic rings. The Morgan fingerprint density at radius 1 is 1.47 bits per heavy atom. The summed E-state index contributed by atoms with van der Waals surface area (Å²) in [7, 11) is 2.06.